The Bertz CT molecular complexity index is 673. The lowest BCUT2D eigenvalue weighted by molar-refractivity contribution is 0.896. The average molecular weight is 276 g/mol. The lowest BCUT2D eigenvalue weighted by Gasteiger charge is -2.02. The predicted molar refractivity (Wildman–Crippen MR) is 76.3 cm³/mol. The molecule has 0 saturated heterocycles. The molecule has 2 heterocycles. The Kier molecular flexibility index (Phi) is 2.81. The van der Waals surface area contributed by atoms with Crippen LogP contribution in [0.3, 0.4) is 0 Å². The van der Waals surface area contributed by atoms with E-state index in [9.17, 15) is 0 Å². The minimum atomic E-state index is 0.612. The first-order valence-corrected chi connectivity index (χ1v) is 6.60. The van der Waals surface area contributed by atoms with Crippen LogP contribution in [-0.2, 0) is 0 Å². The summed E-state index contributed by atoms with van der Waals surface area (Å²) >= 11 is 7.42. The predicted octanol–water partition coefficient (Wildman–Crippen LogP) is 3.84. The molecule has 0 spiro atoms. The molecule has 2 aromatic heterocycles. The maximum Gasteiger partial charge on any atom is 0.127 e. The van der Waals surface area contributed by atoms with Crippen LogP contribution in [0.4, 0.5) is 5.82 Å². The Morgan fingerprint density at radius 2 is 1.89 bits per heavy atom. The second-order valence-electron chi connectivity index (χ2n) is 3.81. The van der Waals surface area contributed by atoms with Gasteiger partial charge in [0.2, 0.25) is 0 Å². The highest BCUT2D eigenvalue weighted by Gasteiger charge is 2.10. The fourth-order valence-electron chi connectivity index (χ4n) is 1.74. The average Bonchev–Trinajstić information content (AvgIpc) is 2.97. The van der Waals surface area contributed by atoms with E-state index in [0.717, 1.165) is 20.6 Å². The molecule has 3 nitrogen and oxygen atoms in total. The summed E-state index contributed by atoms with van der Waals surface area (Å²) < 4.78 is 2.47. The second-order valence-corrected chi connectivity index (χ2v) is 5.52. The third-order valence-electron chi connectivity index (χ3n) is 2.56. The lowest BCUT2D eigenvalue weighted by atomic mass is 10.3. The van der Waals surface area contributed by atoms with Crippen molar-refractivity contribution in [3.63, 3.8) is 0 Å². The normalized spacial score (nSPS) is 10.7. The highest BCUT2D eigenvalue weighted by Crippen LogP contribution is 2.31. The first kappa shape index (κ1) is 11.3. The van der Waals surface area contributed by atoms with E-state index in [2.05, 4.69) is 5.10 Å². The molecule has 0 radical (unpaired) electrons. The van der Waals surface area contributed by atoms with Crippen LogP contribution < -0.4 is 5.73 Å². The van der Waals surface area contributed by atoms with Crippen LogP contribution >= 0.6 is 22.9 Å². The molecule has 1 aromatic carbocycles. The van der Waals surface area contributed by atoms with Gasteiger partial charge >= 0.3 is 0 Å². The standard InChI is InChI=1S/C13H10ClN3S/c14-12-7-6-11(18-12)10-8-13(15)17(16-10)9-4-2-1-3-5-9/h1-8H,15H2. The minimum Gasteiger partial charge on any atom is -0.384 e. The van der Waals surface area contributed by atoms with E-state index in [1.165, 1.54) is 11.3 Å². The van der Waals surface area contributed by atoms with Crippen LogP contribution in [0.25, 0.3) is 16.3 Å². The highest BCUT2D eigenvalue weighted by atomic mass is 35.5. The molecule has 0 aliphatic carbocycles. The van der Waals surface area contributed by atoms with Crippen LogP contribution in [0.15, 0.2) is 48.5 Å². The highest BCUT2D eigenvalue weighted by molar-refractivity contribution is 7.19. The van der Waals surface area contributed by atoms with Gasteiger partial charge in [-0.1, -0.05) is 29.8 Å². The zero-order valence-corrected chi connectivity index (χ0v) is 10.9. The Labute approximate surface area is 113 Å². The molecule has 18 heavy (non-hydrogen) atoms. The summed E-state index contributed by atoms with van der Waals surface area (Å²) in [5, 5.41) is 4.51. The molecular weight excluding hydrogens is 266 g/mol. The molecule has 2 N–H and O–H groups in total. The van der Waals surface area contributed by atoms with Gasteiger partial charge in [0, 0.05) is 6.07 Å². The Morgan fingerprint density at radius 1 is 1.11 bits per heavy atom. The summed E-state index contributed by atoms with van der Waals surface area (Å²) in [7, 11) is 0. The van der Waals surface area contributed by atoms with Gasteiger partial charge < -0.3 is 5.73 Å². The fraction of sp³-hybridized carbons (Fsp3) is 0. The monoisotopic (exact) mass is 275 g/mol. The summed E-state index contributed by atoms with van der Waals surface area (Å²) in [5.74, 6) is 0.612. The number of hydrogen-bond acceptors (Lipinski definition) is 3. The lowest BCUT2D eigenvalue weighted by Crippen LogP contribution is -2.00. The minimum absolute atomic E-state index is 0.612. The summed E-state index contributed by atoms with van der Waals surface area (Å²) in [6.45, 7) is 0. The number of benzene rings is 1. The smallest absolute Gasteiger partial charge is 0.127 e. The number of nitrogen functional groups attached to an aromatic ring is 1. The van der Waals surface area contributed by atoms with Crippen LogP contribution in [-0.4, -0.2) is 9.78 Å². The van der Waals surface area contributed by atoms with Gasteiger partial charge in [0.05, 0.1) is 14.9 Å². The number of rotatable bonds is 2. The summed E-state index contributed by atoms with van der Waals surface area (Å²) in [6.07, 6.45) is 0. The Morgan fingerprint density at radius 3 is 2.56 bits per heavy atom. The molecule has 0 unspecified atom stereocenters. The maximum atomic E-state index is 5.99. The molecule has 3 rings (SSSR count). The summed E-state index contributed by atoms with van der Waals surface area (Å²) in [6, 6.07) is 15.5. The number of halogens is 1. The van der Waals surface area contributed by atoms with E-state index in [0.29, 0.717) is 5.82 Å². The zero-order valence-electron chi connectivity index (χ0n) is 9.38. The van der Waals surface area contributed by atoms with Crippen molar-refractivity contribution in [3.8, 4) is 16.3 Å². The molecule has 0 fully saturated rings. The van der Waals surface area contributed by atoms with E-state index in [1.807, 2.05) is 48.5 Å². The van der Waals surface area contributed by atoms with Gasteiger partial charge in [-0.2, -0.15) is 5.10 Å². The molecule has 3 aromatic rings. The second kappa shape index (κ2) is 4.48. The van der Waals surface area contributed by atoms with Crippen molar-refractivity contribution in [3.05, 3.63) is 52.9 Å². The number of anilines is 1. The van der Waals surface area contributed by atoms with Crippen LogP contribution in [0.1, 0.15) is 0 Å². The fourth-order valence-corrected chi connectivity index (χ4v) is 2.74. The van der Waals surface area contributed by atoms with Gasteiger partial charge in [0.15, 0.2) is 0 Å². The third kappa shape index (κ3) is 2.00. The van der Waals surface area contributed by atoms with Crippen molar-refractivity contribution in [2.24, 2.45) is 0 Å². The van der Waals surface area contributed by atoms with Crippen molar-refractivity contribution >= 4 is 28.8 Å². The van der Waals surface area contributed by atoms with Crippen molar-refractivity contribution in [2.45, 2.75) is 0 Å². The molecule has 0 amide bonds. The third-order valence-corrected chi connectivity index (χ3v) is 3.82. The van der Waals surface area contributed by atoms with E-state index in [1.54, 1.807) is 4.68 Å². The van der Waals surface area contributed by atoms with Gasteiger partial charge in [-0.3, -0.25) is 0 Å². The number of thiophene rings is 1. The molecule has 0 aliphatic rings. The van der Waals surface area contributed by atoms with Crippen LogP contribution in [0.2, 0.25) is 4.34 Å². The SMILES string of the molecule is Nc1cc(-c2ccc(Cl)s2)nn1-c1ccccc1. The molecular formula is C13H10ClN3S. The van der Waals surface area contributed by atoms with Gasteiger partial charge in [-0.05, 0) is 24.3 Å². The van der Waals surface area contributed by atoms with E-state index in [4.69, 9.17) is 17.3 Å². The number of nitrogens with zero attached hydrogens (tertiary/aromatic N) is 2. The number of nitrogens with two attached hydrogens (primary N) is 1. The number of hydrogen-bond donors (Lipinski definition) is 1. The topological polar surface area (TPSA) is 43.8 Å². The van der Waals surface area contributed by atoms with E-state index in [-0.39, 0.29) is 0 Å². The molecule has 0 atom stereocenters. The van der Waals surface area contributed by atoms with Crippen molar-refractivity contribution < 1.29 is 0 Å². The van der Waals surface area contributed by atoms with Crippen LogP contribution in [0.5, 0.6) is 0 Å². The van der Waals surface area contributed by atoms with Crippen LogP contribution in [0, 0.1) is 0 Å². The van der Waals surface area contributed by atoms with Gasteiger partial charge in [-0.15, -0.1) is 11.3 Å². The largest absolute Gasteiger partial charge is 0.384 e. The summed E-state index contributed by atoms with van der Waals surface area (Å²) in [5.41, 5.74) is 7.78. The van der Waals surface area contributed by atoms with E-state index >= 15 is 0 Å². The van der Waals surface area contributed by atoms with Gasteiger partial charge in [-0.25, -0.2) is 4.68 Å². The first-order valence-electron chi connectivity index (χ1n) is 5.41. The molecule has 0 bridgehead atoms. The van der Waals surface area contributed by atoms with E-state index < -0.39 is 0 Å². The number of para-hydroxylation sites is 1. The molecule has 90 valence electrons. The maximum absolute atomic E-state index is 5.99. The van der Waals surface area contributed by atoms with Gasteiger partial charge in [0.1, 0.15) is 11.5 Å². The Hall–Kier alpha value is -1.78. The zero-order chi connectivity index (χ0) is 12.5. The summed E-state index contributed by atoms with van der Waals surface area (Å²) in [4.78, 5) is 1.02. The quantitative estimate of drug-likeness (QED) is 0.772. The van der Waals surface area contributed by atoms with Crippen molar-refractivity contribution in [1.82, 2.24) is 9.78 Å². The van der Waals surface area contributed by atoms with Crippen molar-refractivity contribution in [2.75, 3.05) is 5.73 Å². The first-order chi connectivity index (χ1) is 8.74. The van der Waals surface area contributed by atoms with Gasteiger partial charge in [0.25, 0.3) is 0 Å². The van der Waals surface area contributed by atoms with Crippen molar-refractivity contribution in [1.29, 1.82) is 0 Å². The number of aromatic nitrogens is 2. The molecule has 0 aliphatic heterocycles. The molecule has 5 heteroatoms. The molecule has 0 saturated carbocycles. The Balaban J connectivity index is 2.06.